The summed E-state index contributed by atoms with van der Waals surface area (Å²) in [6.45, 7) is 3.87. The Bertz CT molecular complexity index is 845. The Morgan fingerprint density at radius 1 is 1.39 bits per heavy atom. The highest BCUT2D eigenvalue weighted by Crippen LogP contribution is 2.24. The zero-order chi connectivity index (χ0) is 16.4. The van der Waals surface area contributed by atoms with E-state index in [1.165, 1.54) is 19.1 Å². The van der Waals surface area contributed by atoms with Gasteiger partial charge in [0, 0.05) is 18.3 Å². The van der Waals surface area contributed by atoms with Crippen LogP contribution in [0.2, 0.25) is 0 Å². The van der Waals surface area contributed by atoms with Gasteiger partial charge in [0.25, 0.3) is 5.91 Å². The maximum Gasteiger partial charge on any atom is 0.255 e. The number of halogens is 1. The molecule has 0 spiro atoms. The Morgan fingerprint density at radius 3 is 3.00 bits per heavy atom. The van der Waals surface area contributed by atoms with E-state index in [1.54, 1.807) is 41.0 Å². The average molecular weight is 312 g/mol. The van der Waals surface area contributed by atoms with Gasteiger partial charge in [0.2, 0.25) is 0 Å². The van der Waals surface area contributed by atoms with Crippen molar-refractivity contribution >= 4 is 17.1 Å². The molecule has 0 aromatic carbocycles. The van der Waals surface area contributed by atoms with Crippen LogP contribution in [0.3, 0.4) is 0 Å². The first kappa shape index (κ1) is 15.1. The summed E-state index contributed by atoms with van der Waals surface area (Å²) in [6.07, 6.45) is 9.83. The molecular weight excluding hydrogens is 295 g/mol. The van der Waals surface area contributed by atoms with E-state index in [-0.39, 0.29) is 5.91 Å². The normalized spacial score (nSPS) is 20.4. The van der Waals surface area contributed by atoms with Gasteiger partial charge in [-0.25, -0.2) is 4.39 Å². The fourth-order valence-electron chi connectivity index (χ4n) is 2.40. The monoisotopic (exact) mass is 312 g/mol. The van der Waals surface area contributed by atoms with Crippen LogP contribution in [0.1, 0.15) is 30.0 Å². The summed E-state index contributed by atoms with van der Waals surface area (Å²) in [5.74, 6) is 0.364. The second-order valence-corrected chi connectivity index (χ2v) is 5.46. The molecule has 118 valence electrons. The van der Waals surface area contributed by atoms with Gasteiger partial charge in [-0.15, -0.1) is 10.2 Å². The quantitative estimate of drug-likeness (QED) is 0.948. The topological polar surface area (TPSA) is 59.3 Å². The van der Waals surface area contributed by atoms with Crippen LogP contribution in [0, 0.1) is 0 Å². The first-order valence-electron chi connectivity index (χ1n) is 7.42. The molecule has 0 aliphatic heterocycles. The van der Waals surface area contributed by atoms with Crippen LogP contribution >= 0.6 is 0 Å². The molecule has 1 aliphatic rings. The Hall–Kier alpha value is -2.76. The van der Waals surface area contributed by atoms with E-state index in [9.17, 15) is 9.18 Å². The number of aromatic nitrogens is 3. The molecule has 3 rings (SSSR count). The summed E-state index contributed by atoms with van der Waals surface area (Å²) in [6, 6.07) is 3.47. The first-order chi connectivity index (χ1) is 11.0. The van der Waals surface area contributed by atoms with E-state index >= 15 is 0 Å². The van der Waals surface area contributed by atoms with Crippen LogP contribution in [0.4, 0.5) is 4.39 Å². The van der Waals surface area contributed by atoms with Crippen LogP contribution < -0.4 is 5.32 Å². The summed E-state index contributed by atoms with van der Waals surface area (Å²) in [5, 5.41) is 11.0. The minimum atomic E-state index is -1.50. The lowest BCUT2D eigenvalue weighted by molar-refractivity contribution is 0.0957. The van der Waals surface area contributed by atoms with Gasteiger partial charge in [-0.3, -0.25) is 9.20 Å². The zero-order valence-corrected chi connectivity index (χ0v) is 13.0. The third kappa shape index (κ3) is 2.92. The van der Waals surface area contributed by atoms with Gasteiger partial charge in [0.1, 0.15) is 5.67 Å². The van der Waals surface area contributed by atoms with Crippen LogP contribution in [0.25, 0.3) is 11.2 Å². The molecule has 6 heteroatoms. The molecule has 0 radical (unpaired) electrons. The molecule has 0 saturated carbocycles. The molecule has 5 nitrogen and oxygen atoms in total. The average Bonchev–Trinajstić information content (AvgIpc) is 2.86. The summed E-state index contributed by atoms with van der Waals surface area (Å²) in [4.78, 5) is 12.1. The van der Waals surface area contributed by atoms with Crippen molar-refractivity contribution in [2.45, 2.75) is 19.5 Å². The Morgan fingerprint density at radius 2 is 2.22 bits per heavy atom. The van der Waals surface area contributed by atoms with Gasteiger partial charge < -0.3 is 5.32 Å². The number of nitrogens with one attached hydrogen (secondary N) is 1. The lowest BCUT2D eigenvalue weighted by atomic mass is 10.1. The molecular formula is C17H17FN4O. The molecule has 1 unspecified atom stereocenters. The van der Waals surface area contributed by atoms with Gasteiger partial charge in [-0.2, -0.15) is 0 Å². The SMILES string of the molecule is CCNC(=O)c1cccn2c(C3=CC=CC(C)(F)C=C3)nnc12. The highest BCUT2D eigenvalue weighted by molar-refractivity contribution is 5.99. The molecule has 0 saturated heterocycles. The number of amides is 1. The Balaban J connectivity index is 2.08. The lowest BCUT2D eigenvalue weighted by Gasteiger charge is -2.07. The predicted molar refractivity (Wildman–Crippen MR) is 86.8 cm³/mol. The van der Waals surface area contributed by atoms with Crippen molar-refractivity contribution in [1.82, 2.24) is 19.9 Å². The van der Waals surface area contributed by atoms with Gasteiger partial charge in [-0.05, 0) is 38.1 Å². The van der Waals surface area contributed by atoms with Crippen molar-refractivity contribution in [3.63, 3.8) is 0 Å². The molecule has 0 bridgehead atoms. The highest BCUT2D eigenvalue weighted by atomic mass is 19.1. The molecule has 1 atom stereocenters. The fourth-order valence-corrected chi connectivity index (χ4v) is 2.40. The van der Waals surface area contributed by atoms with Crippen molar-refractivity contribution in [3.05, 3.63) is 60.1 Å². The number of carbonyl (C=O) groups excluding carboxylic acids is 1. The molecule has 2 aromatic rings. The van der Waals surface area contributed by atoms with E-state index < -0.39 is 5.67 Å². The Labute approximate surface area is 133 Å². The summed E-state index contributed by atoms with van der Waals surface area (Å²) >= 11 is 0. The smallest absolute Gasteiger partial charge is 0.255 e. The van der Waals surface area contributed by atoms with Crippen LogP contribution in [0.5, 0.6) is 0 Å². The molecule has 1 aliphatic carbocycles. The largest absolute Gasteiger partial charge is 0.352 e. The first-order valence-corrected chi connectivity index (χ1v) is 7.42. The lowest BCUT2D eigenvalue weighted by Crippen LogP contribution is -2.23. The number of carbonyl (C=O) groups is 1. The minimum Gasteiger partial charge on any atom is -0.352 e. The van der Waals surface area contributed by atoms with Gasteiger partial charge in [0.05, 0.1) is 5.56 Å². The number of allylic oxidation sites excluding steroid dienone is 6. The van der Waals surface area contributed by atoms with Crippen LogP contribution in [-0.2, 0) is 0 Å². The number of nitrogens with zero attached hydrogens (tertiary/aromatic N) is 3. The number of alkyl halides is 1. The minimum absolute atomic E-state index is 0.196. The second-order valence-electron chi connectivity index (χ2n) is 5.46. The molecule has 2 aromatic heterocycles. The molecule has 2 heterocycles. The van der Waals surface area contributed by atoms with Crippen LogP contribution in [0.15, 0.2) is 48.7 Å². The standard InChI is InChI=1S/C17H17FN4O/c1-3-19-16(23)13-7-5-11-22-14(20-21-15(13)22)12-6-4-9-17(2,18)10-8-12/h4-11H,3H2,1-2H3,(H,19,23). The van der Waals surface area contributed by atoms with E-state index in [2.05, 4.69) is 15.5 Å². The number of pyridine rings is 1. The highest BCUT2D eigenvalue weighted by Gasteiger charge is 2.19. The number of rotatable bonds is 3. The second kappa shape index (κ2) is 5.79. The third-order valence-electron chi connectivity index (χ3n) is 3.56. The Kier molecular flexibility index (Phi) is 3.82. The fraction of sp³-hybridized carbons (Fsp3) is 0.235. The van der Waals surface area contributed by atoms with Gasteiger partial charge >= 0.3 is 0 Å². The summed E-state index contributed by atoms with van der Waals surface area (Å²) in [5.41, 5.74) is 0.157. The maximum absolute atomic E-state index is 14.0. The summed E-state index contributed by atoms with van der Waals surface area (Å²) in [7, 11) is 0. The van der Waals surface area contributed by atoms with Crippen molar-refractivity contribution in [2.75, 3.05) is 6.54 Å². The molecule has 1 amide bonds. The number of fused-ring (bicyclic) bond motifs is 1. The van der Waals surface area contributed by atoms with E-state index in [4.69, 9.17) is 0 Å². The van der Waals surface area contributed by atoms with Crippen LogP contribution in [-0.4, -0.2) is 32.7 Å². The van der Waals surface area contributed by atoms with Gasteiger partial charge in [-0.1, -0.05) is 18.2 Å². The van der Waals surface area contributed by atoms with Crippen molar-refractivity contribution in [3.8, 4) is 0 Å². The molecule has 1 N–H and O–H groups in total. The van der Waals surface area contributed by atoms with Crippen molar-refractivity contribution in [2.24, 2.45) is 0 Å². The predicted octanol–water partition coefficient (Wildman–Crippen LogP) is 2.72. The molecule has 0 fully saturated rings. The number of hydrogen-bond acceptors (Lipinski definition) is 3. The third-order valence-corrected chi connectivity index (χ3v) is 3.56. The number of hydrogen-bond donors (Lipinski definition) is 1. The maximum atomic E-state index is 14.0. The van der Waals surface area contributed by atoms with Gasteiger partial charge in [0.15, 0.2) is 11.5 Å². The summed E-state index contributed by atoms with van der Waals surface area (Å²) < 4.78 is 15.7. The van der Waals surface area contributed by atoms with Crippen molar-refractivity contribution in [1.29, 1.82) is 0 Å². The van der Waals surface area contributed by atoms with E-state index in [1.807, 2.05) is 6.92 Å². The zero-order valence-electron chi connectivity index (χ0n) is 13.0. The van der Waals surface area contributed by atoms with E-state index in [0.29, 0.717) is 23.6 Å². The van der Waals surface area contributed by atoms with E-state index in [0.717, 1.165) is 5.57 Å². The molecule has 23 heavy (non-hydrogen) atoms. The van der Waals surface area contributed by atoms with Crippen molar-refractivity contribution < 1.29 is 9.18 Å².